The number of hydrogen-bond acceptors (Lipinski definition) is 4. The van der Waals surface area contributed by atoms with E-state index in [9.17, 15) is 14.7 Å². The van der Waals surface area contributed by atoms with Crippen LogP contribution in [0.3, 0.4) is 0 Å². The van der Waals surface area contributed by atoms with Gasteiger partial charge < -0.3 is 15.2 Å². The summed E-state index contributed by atoms with van der Waals surface area (Å²) in [5.41, 5.74) is 3.01. The van der Waals surface area contributed by atoms with Crippen molar-refractivity contribution in [3.8, 4) is 5.75 Å². The Balaban J connectivity index is 1.56. The van der Waals surface area contributed by atoms with Crippen LogP contribution in [-0.2, 0) is 22.4 Å². The summed E-state index contributed by atoms with van der Waals surface area (Å²) in [5, 5.41) is 13.9. The third-order valence-corrected chi connectivity index (χ3v) is 7.62. The van der Waals surface area contributed by atoms with Gasteiger partial charge in [0, 0.05) is 30.4 Å². The van der Waals surface area contributed by atoms with Crippen LogP contribution in [0.5, 0.6) is 5.75 Å². The maximum absolute atomic E-state index is 13.8. The molecule has 3 aromatic carbocycles. The molecule has 5 heteroatoms. The highest BCUT2D eigenvalue weighted by Gasteiger charge is 2.61. The molecule has 1 fully saturated rings. The van der Waals surface area contributed by atoms with Gasteiger partial charge in [-0.25, -0.2) is 0 Å². The van der Waals surface area contributed by atoms with Gasteiger partial charge in [-0.05, 0) is 35.6 Å². The molecule has 1 heterocycles. The van der Waals surface area contributed by atoms with E-state index in [1.54, 1.807) is 0 Å². The Morgan fingerprint density at radius 1 is 1.00 bits per heavy atom. The zero-order valence-electron chi connectivity index (χ0n) is 19.9. The lowest BCUT2D eigenvalue weighted by Gasteiger charge is -2.43. The highest BCUT2D eigenvalue weighted by atomic mass is 16.5. The van der Waals surface area contributed by atoms with Gasteiger partial charge in [0.1, 0.15) is 5.75 Å². The Morgan fingerprint density at radius 2 is 1.71 bits per heavy atom. The quantitative estimate of drug-likeness (QED) is 0.503. The largest absolute Gasteiger partial charge is 0.493 e. The molecule has 5 nitrogen and oxygen atoms in total. The summed E-state index contributed by atoms with van der Waals surface area (Å²) in [6.45, 7) is 2.91. The van der Waals surface area contributed by atoms with Crippen LogP contribution in [0, 0.1) is 11.3 Å². The van der Waals surface area contributed by atoms with Crippen LogP contribution in [0.4, 0.5) is 0 Å². The molecule has 4 unspecified atom stereocenters. The lowest BCUT2D eigenvalue weighted by atomic mass is 9.57. The van der Waals surface area contributed by atoms with E-state index >= 15 is 0 Å². The van der Waals surface area contributed by atoms with E-state index in [1.165, 1.54) is 0 Å². The molecule has 3 aromatic rings. The summed E-state index contributed by atoms with van der Waals surface area (Å²) in [4.78, 5) is 26.7. The van der Waals surface area contributed by atoms with E-state index in [1.807, 2.05) is 79.7 Å². The molecule has 180 valence electrons. The Morgan fingerprint density at radius 3 is 2.49 bits per heavy atom. The van der Waals surface area contributed by atoms with Crippen molar-refractivity contribution in [2.45, 2.75) is 38.1 Å². The zero-order valence-corrected chi connectivity index (χ0v) is 19.9. The molecular formula is C30H31NO4. The number of Topliss-reactive ketones (excluding diaryl/α,β-unsaturated/α-hetero) is 1. The van der Waals surface area contributed by atoms with Crippen LogP contribution in [0.1, 0.15) is 41.5 Å². The van der Waals surface area contributed by atoms with E-state index in [-0.39, 0.29) is 24.7 Å². The first-order chi connectivity index (χ1) is 17.0. The Kier molecular flexibility index (Phi) is 6.44. The lowest BCUT2D eigenvalue weighted by Crippen LogP contribution is -2.49. The molecule has 2 aliphatic rings. The maximum Gasteiger partial charge on any atom is 0.311 e. The molecule has 0 aromatic heterocycles. The second-order valence-corrected chi connectivity index (χ2v) is 9.71. The van der Waals surface area contributed by atoms with E-state index in [2.05, 4.69) is 11.4 Å². The molecule has 2 N–H and O–H groups in total. The normalized spacial score (nSPS) is 24.9. The summed E-state index contributed by atoms with van der Waals surface area (Å²) in [6.07, 6.45) is 1.50. The molecule has 1 aliphatic carbocycles. The summed E-state index contributed by atoms with van der Waals surface area (Å²) in [7, 11) is 0. The first kappa shape index (κ1) is 23.3. The second-order valence-electron chi connectivity index (χ2n) is 9.71. The number of ether oxygens (including phenoxy) is 1. The van der Waals surface area contributed by atoms with Crippen LogP contribution >= 0.6 is 0 Å². The molecule has 0 spiro atoms. The highest BCUT2D eigenvalue weighted by Crippen LogP contribution is 2.54. The molecule has 1 aliphatic heterocycles. The molecule has 5 rings (SSSR count). The summed E-state index contributed by atoms with van der Waals surface area (Å²) in [6, 6.07) is 25.2. The fourth-order valence-electron chi connectivity index (χ4n) is 6.04. The molecule has 0 amide bonds. The number of hydrogen-bond donors (Lipinski definition) is 2. The fourth-order valence-corrected chi connectivity index (χ4v) is 6.04. The van der Waals surface area contributed by atoms with Gasteiger partial charge in [-0.15, -0.1) is 0 Å². The molecule has 35 heavy (non-hydrogen) atoms. The number of carbonyl (C=O) groups excluding carboxylic acids is 1. The van der Waals surface area contributed by atoms with Crippen molar-refractivity contribution in [3.63, 3.8) is 0 Å². The molecular weight excluding hydrogens is 438 g/mol. The zero-order chi connectivity index (χ0) is 24.4. The Bertz CT molecular complexity index is 1220. The van der Waals surface area contributed by atoms with E-state index in [0.29, 0.717) is 13.0 Å². The SMILES string of the molecule is CCCOc1ccccc1CC(=O)C1NCC2(C(=O)O)Cc3ccccc3C(c3ccccc3)C12. The van der Waals surface area contributed by atoms with E-state index in [4.69, 9.17) is 4.74 Å². The lowest BCUT2D eigenvalue weighted by molar-refractivity contribution is -0.151. The minimum absolute atomic E-state index is 0.00554. The maximum atomic E-state index is 13.8. The van der Waals surface area contributed by atoms with Gasteiger partial charge in [-0.1, -0.05) is 79.7 Å². The Labute approximate surface area is 206 Å². The van der Waals surface area contributed by atoms with Crippen LogP contribution in [-0.4, -0.2) is 36.1 Å². The number of rotatable bonds is 8. The van der Waals surface area contributed by atoms with Crippen molar-refractivity contribution in [2.24, 2.45) is 11.3 Å². The number of fused-ring (bicyclic) bond motifs is 2. The number of carbonyl (C=O) groups is 2. The van der Waals surface area contributed by atoms with Crippen molar-refractivity contribution < 1.29 is 19.4 Å². The number of carboxylic acid groups (broad SMARTS) is 1. The monoisotopic (exact) mass is 469 g/mol. The first-order valence-electron chi connectivity index (χ1n) is 12.4. The van der Waals surface area contributed by atoms with Gasteiger partial charge in [0.15, 0.2) is 5.78 Å². The number of ketones is 1. The van der Waals surface area contributed by atoms with E-state index in [0.717, 1.165) is 34.4 Å². The van der Waals surface area contributed by atoms with Crippen LogP contribution in [0.2, 0.25) is 0 Å². The van der Waals surface area contributed by atoms with E-state index < -0.39 is 23.3 Å². The predicted molar refractivity (Wildman–Crippen MR) is 135 cm³/mol. The second kappa shape index (κ2) is 9.67. The predicted octanol–water partition coefficient (Wildman–Crippen LogP) is 4.63. The van der Waals surface area contributed by atoms with Crippen molar-refractivity contribution in [2.75, 3.05) is 13.2 Å². The number of benzene rings is 3. The molecule has 0 bridgehead atoms. The Hall–Kier alpha value is -3.44. The van der Waals surface area contributed by atoms with Crippen molar-refractivity contribution in [1.29, 1.82) is 0 Å². The van der Waals surface area contributed by atoms with Gasteiger partial charge in [0.05, 0.1) is 18.1 Å². The third-order valence-electron chi connectivity index (χ3n) is 7.62. The smallest absolute Gasteiger partial charge is 0.311 e. The molecule has 0 radical (unpaired) electrons. The average molecular weight is 470 g/mol. The van der Waals surface area contributed by atoms with Crippen molar-refractivity contribution >= 4 is 11.8 Å². The van der Waals surface area contributed by atoms with Crippen molar-refractivity contribution in [1.82, 2.24) is 5.32 Å². The van der Waals surface area contributed by atoms with Crippen LogP contribution < -0.4 is 10.1 Å². The van der Waals surface area contributed by atoms with Crippen LogP contribution in [0.15, 0.2) is 78.9 Å². The molecule has 4 atom stereocenters. The molecule has 1 saturated heterocycles. The summed E-state index contributed by atoms with van der Waals surface area (Å²) in [5.74, 6) is -0.696. The minimum atomic E-state index is -1.05. The summed E-state index contributed by atoms with van der Waals surface area (Å²) >= 11 is 0. The summed E-state index contributed by atoms with van der Waals surface area (Å²) < 4.78 is 5.88. The average Bonchev–Trinajstić information content (AvgIpc) is 3.28. The molecule has 0 saturated carbocycles. The van der Waals surface area contributed by atoms with Gasteiger partial charge >= 0.3 is 5.97 Å². The standard InChI is InChI=1S/C30H31NO4/c1-2-16-35-25-15-9-7-12-21(25)17-24(32)28-27-26(20-10-4-3-5-11-20)23-14-8-6-13-22(23)18-30(27,19-31-28)29(33)34/h3-15,26-28,31H,2,16-19H2,1H3,(H,33,34). The van der Waals surface area contributed by atoms with Gasteiger partial charge in [-0.2, -0.15) is 0 Å². The fraction of sp³-hybridized carbons (Fsp3) is 0.333. The first-order valence-corrected chi connectivity index (χ1v) is 12.4. The minimum Gasteiger partial charge on any atom is -0.493 e. The number of nitrogens with one attached hydrogen (secondary N) is 1. The number of aliphatic carboxylic acids is 1. The van der Waals surface area contributed by atoms with Gasteiger partial charge in [0.2, 0.25) is 0 Å². The van der Waals surface area contributed by atoms with Gasteiger partial charge in [-0.3, -0.25) is 9.59 Å². The number of para-hydroxylation sites is 1. The number of carboxylic acids is 1. The highest BCUT2D eigenvalue weighted by molar-refractivity contribution is 5.90. The topological polar surface area (TPSA) is 75.6 Å². The van der Waals surface area contributed by atoms with Crippen molar-refractivity contribution in [3.05, 3.63) is 101 Å². The third kappa shape index (κ3) is 4.14. The van der Waals surface area contributed by atoms with Crippen LogP contribution in [0.25, 0.3) is 0 Å². The van der Waals surface area contributed by atoms with Gasteiger partial charge in [0.25, 0.3) is 0 Å².